The summed E-state index contributed by atoms with van der Waals surface area (Å²) in [7, 11) is 0. The number of aryl methyl sites for hydroxylation is 1. The largest absolute Gasteiger partial charge is 0.416 e. The Labute approximate surface area is 129 Å². The van der Waals surface area contributed by atoms with Crippen LogP contribution >= 0.6 is 0 Å². The van der Waals surface area contributed by atoms with Crippen molar-refractivity contribution >= 4 is 17.5 Å². The average Bonchev–Trinajstić information content (AvgIpc) is 2.44. The molecule has 0 unspecified atom stereocenters. The van der Waals surface area contributed by atoms with Crippen LogP contribution in [0.25, 0.3) is 0 Å². The van der Waals surface area contributed by atoms with Gasteiger partial charge in [0.1, 0.15) is 5.82 Å². The fourth-order valence-electron chi connectivity index (χ4n) is 2.46. The van der Waals surface area contributed by atoms with Gasteiger partial charge in [0, 0.05) is 19.1 Å². The van der Waals surface area contributed by atoms with Gasteiger partial charge in [0.25, 0.3) is 0 Å². The number of ether oxygens (including phenoxy) is 1. The maximum absolute atomic E-state index is 13.4. The summed E-state index contributed by atoms with van der Waals surface area (Å²) in [6.07, 6.45) is 1.20. The number of rotatable bonds is 3. The molecule has 1 aliphatic heterocycles. The van der Waals surface area contributed by atoms with Crippen molar-refractivity contribution in [3.63, 3.8) is 0 Å². The Balaban J connectivity index is 1.91. The first kappa shape index (κ1) is 16.1. The summed E-state index contributed by atoms with van der Waals surface area (Å²) in [5.74, 6) is 0.0835. The molecule has 0 radical (unpaired) electrons. The van der Waals surface area contributed by atoms with Crippen LogP contribution in [-0.2, 0) is 4.74 Å². The van der Waals surface area contributed by atoms with Crippen LogP contribution in [0.4, 0.5) is 20.6 Å². The van der Waals surface area contributed by atoms with Crippen molar-refractivity contribution in [2.75, 3.05) is 24.1 Å². The van der Waals surface area contributed by atoms with Crippen LogP contribution in [-0.4, -0.2) is 30.1 Å². The minimum atomic E-state index is -0.358. The summed E-state index contributed by atoms with van der Waals surface area (Å²) in [4.78, 5) is 13.4. The molecule has 1 aromatic carbocycles. The number of carbonyl (C=O) groups excluding carboxylic acids is 1. The topological polar surface area (TPSA) is 67.6 Å². The van der Waals surface area contributed by atoms with Gasteiger partial charge in [-0.05, 0) is 44.4 Å². The number of piperidine rings is 1. The average molecular weight is 307 g/mol. The summed E-state index contributed by atoms with van der Waals surface area (Å²) in [5.41, 5.74) is 7.53. The van der Waals surface area contributed by atoms with Crippen LogP contribution in [0.15, 0.2) is 24.5 Å². The van der Waals surface area contributed by atoms with E-state index >= 15 is 0 Å². The predicted octanol–water partition coefficient (Wildman–Crippen LogP) is 3.26. The lowest BCUT2D eigenvalue weighted by Gasteiger charge is -2.32. The second kappa shape index (κ2) is 6.68. The lowest BCUT2D eigenvalue weighted by atomic mass is 10.0. The second-order valence-corrected chi connectivity index (χ2v) is 5.66. The van der Waals surface area contributed by atoms with Crippen LogP contribution in [0.1, 0.15) is 25.3 Å². The van der Waals surface area contributed by atoms with Crippen molar-refractivity contribution in [1.29, 1.82) is 0 Å². The maximum Gasteiger partial charge on any atom is 0.414 e. The molecule has 0 saturated carbocycles. The zero-order chi connectivity index (χ0) is 16.3. The van der Waals surface area contributed by atoms with Crippen LogP contribution in [0.2, 0.25) is 0 Å². The highest BCUT2D eigenvalue weighted by atomic mass is 19.1. The first-order valence-corrected chi connectivity index (χ1v) is 7.31. The van der Waals surface area contributed by atoms with Gasteiger partial charge in [-0.25, -0.2) is 9.18 Å². The second-order valence-electron chi connectivity index (χ2n) is 5.66. The number of nitrogens with two attached hydrogens (primary N) is 1. The SMILES string of the molecule is C=C(C)OC(=O)N1CCC(Nc2cc(C)c(F)cc2N)CC1. The molecule has 2 rings (SSSR count). The van der Waals surface area contributed by atoms with Gasteiger partial charge < -0.3 is 20.7 Å². The molecule has 0 spiro atoms. The molecule has 1 amide bonds. The third-order valence-corrected chi connectivity index (χ3v) is 3.71. The third-order valence-electron chi connectivity index (χ3n) is 3.71. The molecule has 5 nitrogen and oxygen atoms in total. The van der Waals surface area contributed by atoms with Crippen LogP contribution < -0.4 is 11.1 Å². The Hall–Kier alpha value is -2.24. The van der Waals surface area contributed by atoms with E-state index in [0.29, 0.717) is 30.1 Å². The molecule has 1 fully saturated rings. The van der Waals surface area contributed by atoms with Gasteiger partial charge in [-0.2, -0.15) is 0 Å². The number of nitrogens with one attached hydrogen (secondary N) is 1. The molecule has 3 N–H and O–H groups in total. The number of carbonyl (C=O) groups is 1. The van der Waals surface area contributed by atoms with Crippen molar-refractivity contribution < 1.29 is 13.9 Å². The van der Waals surface area contributed by atoms with E-state index in [-0.39, 0.29) is 18.0 Å². The smallest absolute Gasteiger partial charge is 0.414 e. The molecule has 120 valence electrons. The van der Waals surface area contributed by atoms with E-state index < -0.39 is 0 Å². The Morgan fingerprint density at radius 2 is 2.09 bits per heavy atom. The molecule has 1 heterocycles. The number of likely N-dealkylation sites (tertiary alicyclic amines) is 1. The zero-order valence-electron chi connectivity index (χ0n) is 13.0. The normalized spacial score (nSPS) is 15.5. The molecule has 0 atom stereocenters. The number of halogens is 1. The molecule has 0 aliphatic carbocycles. The van der Waals surface area contributed by atoms with Crippen LogP contribution in [0.5, 0.6) is 0 Å². The van der Waals surface area contributed by atoms with Gasteiger partial charge in [-0.3, -0.25) is 0 Å². The summed E-state index contributed by atoms with van der Waals surface area (Å²) in [5, 5.41) is 3.33. The fraction of sp³-hybridized carbons (Fsp3) is 0.438. The highest BCUT2D eigenvalue weighted by Gasteiger charge is 2.24. The van der Waals surface area contributed by atoms with E-state index in [2.05, 4.69) is 11.9 Å². The van der Waals surface area contributed by atoms with E-state index in [4.69, 9.17) is 10.5 Å². The van der Waals surface area contributed by atoms with E-state index in [0.717, 1.165) is 18.5 Å². The van der Waals surface area contributed by atoms with Gasteiger partial charge in [0.2, 0.25) is 0 Å². The summed E-state index contributed by atoms with van der Waals surface area (Å²) < 4.78 is 18.4. The first-order chi connectivity index (χ1) is 10.4. The lowest BCUT2D eigenvalue weighted by molar-refractivity contribution is 0.119. The monoisotopic (exact) mass is 307 g/mol. The van der Waals surface area contributed by atoms with Gasteiger partial charge in [0.15, 0.2) is 0 Å². The molecule has 0 aromatic heterocycles. The fourth-order valence-corrected chi connectivity index (χ4v) is 2.46. The highest BCUT2D eigenvalue weighted by molar-refractivity contribution is 5.69. The van der Waals surface area contributed by atoms with Crippen LogP contribution in [0.3, 0.4) is 0 Å². The number of anilines is 2. The van der Waals surface area contributed by atoms with E-state index in [1.807, 2.05) is 0 Å². The minimum absolute atomic E-state index is 0.195. The standard InChI is InChI=1S/C16H22FN3O2/c1-10(2)22-16(21)20-6-4-12(5-7-20)19-15-8-11(3)13(17)9-14(15)18/h8-9,12,19H,1,4-7,18H2,2-3H3. The molecular formula is C16H22FN3O2. The summed E-state index contributed by atoms with van der Waals surface area (Å²) in [6, 6.07) is 3.24. The van der Waals surface area contributed by atoms with Gasteiger partial charge in [0.05, 0.1) is 17.1 Å². The predicted molar refractivity (Wildman–Crippen MR) is 85.1 cm³/mol. The number of allylic oxidation sites excluding steroid dienone is 1. The van der Waals surface area contributed by atoms with Gasteiger partial charge in [-0.1, -0.05) is 6.58 Å². The van der Waals surface area contributed by atoms with Crippen molar-refractivity contribution in [3.8, 4) is 0 Å². The summed E-state index contributed by atoms with van der Waals surface area (Å²) in [6.45, 7) is 8.11. The van der Waals surface area contributed by atoms with Gasteiger partial charge >= 0.3 is 6.09 Å². The zero-order valence-corrected chi connectivity index (χ0v) is 13.0. The number of hydrogen-bond donors (Lipinski definition) is 2. The van der Waals surface area contributed by atoms with E-state index in [9.17, 15) is 9.18 Å². The van der Waals surface area contributed by atoms with E-state index in [1.54, 1.807) is 24.8 Å². The summed E-state index contributed by atoms with van der Waals surface area (Å²) >= 11 is 0. The third kappa shape index (κ3) is 3.90. The van der Waals surface area contributed by atoms with Crippen molar-refractivity contribution in [3.05, 3.63) is 35.9 Å². The molecule has 22 heavy (non-hydrogen) atoms. The van der Waals surface area contributed by atoms with E-state index in [1.165, 1.54) is 6.07 Å². The number of nitrogens with zero attached hydrogens (tertiary/aromatic N) is 1. The molecule has 1 aromatic rings. The van der Waals surface area contributed by atoms with Crippen molar-refractivity contribution in [2.45, 2.75) is 32.7 Å². The number of nitrogen functional groups attached to an aromatic ring is 1. The molecule has 0 bridgehead atoms. The van der Waals surface area contributed by atoms with Gasteiger partial charge in [-0.15, -0.1) is 0 Å². The van der Waals surface area contributed by atoms with Crippen molar-refractivity contribution in [1.82, 2.24) is 4.90 Å². The molecule has 6 heteroatoms. The first-order valence-electron chi connectivity index (χ1n) is 7.31. The molecule has 1 aliphatic rings. The lowest BCUT2D eigenvalue weighted by Crippen LogP contribution is -2.42. The quantitative estimate of drug-likeness (QED) is 0.664. The van der Waals surface area contributed by atoms with Crippen molar-refractivity contribution in [2.24, 2.45) is 0 Å². The molecule has 1 saturated heterocycles. The Morgan fingerprint density at radius 1 is 1.45 bits per heavy atom. The Morgan fingerprint density at radius 3 is 2.68 bits per heavy atom. The number of amides is 1. The highest BCUT2D eigenvalue weighted by Crippen LogP contribution is 2.25. The molecular weight excluding hydrogens is 285 g/mol. The Kier molecular flexibility index (Phi) is 4.90. The number of hydrogen-bond acceptors (Lipinski definition) is 4. The Bertz CT molecular complexity index is 581. The maximum atomic E-state index is 13.4. The minimum Gasteiger partial charge on any atom is -0.416 e. The number of benzene rings is 1. The van der Waals surface area contributed by atoms with Crippen LogP contribution in [0, 0.1) is 12.7 Å².